The summed E-state index contributed by atoms with van der Waals surface area (Å²) in [6, 6.07) is 0.917. The van der Waals surface area contributed by atoms with E-state index in [4.69, 9.17) is 5.11 Å². The fourth-order valence-corrected chi connectivity index (χ4v) is 1.41. The van der Waals surface area contributed by atoms with Crippen molar-refractivity contribution in [2.24, 2.45) is 0 Å². The van der Waals surface area contributed by atoms with E-state index in [2.05, 4.69) is 15.9 Å². The third-order valence-corrected chi connectivity index (χ3v) is 2.20. The maximum Gasteiger partial charge on any atom is 0.420 e. The lowest BCUT2D eigenvalue weighted by molar-refractivity contribution is -0.385. The quantitative estimate of drug-likeness (QED) is 0.637. The molecule has 0 aliphatic carbocycles. The number of rotatable bonds is 1. The number of nitro groups is 1. The number of benzene rings is 1. The summed E-state index contributed by atoms with van der Waals surface area (Å²) in [6.07, 6.45) is -4.75. The first kappa shape index (κ1) is 11.8. The van der Waals surface area contributed by atoms with Gasteiger partial charge in [-0.15, -0.1) is 0 Å². The van der Waals surface area contributed by atoms with Gasteiger partial charge in [0.15, 0.2) is 0 Å². The Hall–Kier alpha value is -1.31. The van der Waals surface area contributed by atoms with E-state index in [1.165, 1.54) is 0 Å². The van der Waals surface area contributed by atoms with Gasteiger partial charge in [-0.25, -0.2) is 0 Å². The SMILES string of the molecule is O=[N+]([O-])c1cc(O)c(C(F)(F)F)cc1Br. The molecule has 0 radical (unpaired) electrons. The first-order chi connectivity index (χ1) is 6.73. The van der Waals surface area contributed by atoms with Crippen LogP contribution in [0.5, 0.6) is 5.75 Å². The number of phenols is 1. The van der Waals surface area contributed by atoms with Gasteiger partial charge in [0.1, 0.15) is 5.75 Å². The summed E-state index contributed by atoms with van der Waals surface area (Å²) in [7, 11) is 0. The van der Waals surface area contributed by atoms with Gasteiger partial charge in [-0.2, -0.15) is 13.2 Å². The Labute approximate surface area is 89.6 Å². The van der Waals surface area contributed by atoms with Crippen molar-refractivity contribution >= 4 is 21.6 Å². The van der Waals surface area contributed by atoms with Crippen molar-refractivity contribution in [2.75, 3.05) is 0 Å². The van der Waals surface area contributed by atoms with Crippen LogP contribution in [-0.4, -0.2) is 10.0 Å². The molecule has 1 N–H and O–H groups in total. The van der Waals surface area contributed by atoms with Gasteiger partial charge in [0.2, 0.25) is 0 Å². The topological polar surface area (TPSA) is 63.4 Å². The molecule has 1 aromatic carbocycles. The Morgan fingerprint density at radius 1 is 1.40 bits per heavy atom. The highest BCUT2D eigenvalue weighted by atomic mass is 79.9. The molecule has 82 valence electrons. The summed E-state index contributed by atoms with van der Waals surface area (Å²) in [6.45, 7) is 0. The predicted molar refractivity (Wildman–Crippen MR) is 47.5 cm³/mol. The van der Waals surface area contributed by atoms with E-state index in [-0.39, 0.29) is 4.47 Å². The van der Waals surface area contributed by atoms with Crippen LogP contribution in [0, 0.1) is 10.1 Å². The number of phenolic OH excluding ortho intramolecular Hbond substituents is 1. The van der Waals surface area contributed by atoms with Crippen LogP contribution in [0.15, 0.2) is 16.6 Å². The van der Waals surface area contributed by atoms with E-state index in [0.29, 0.717) is 12.1 Å². The summed E-state index contributed by atoms with van der Waals surface area (Å²) in [5.41, 5.74) is -1.94. The average molecular weight is 286 g/mol. The number of hydrogen-bond donors (Lipinski definition) is 1. The van der Waals surface area contributed by atoms with Crippen molar-refractivity contribution in [1.29, 1.82) is 0 Å². The minimum absolute atomic E-state index is 0.336. The van der Waals surface area contributed by atoms with Crippen molar-refractivity contribution in [3.8, 4) is 5.75 Å². The van der Waals surface area contributed by atoms with Gasteiger partial charge in [0.05, 0.1) is 21.0 Å². The van der Waals surface area contributed by atoms with Crippen LogP contribution >= 0.6 is 15.9 Å². The number of hydrogen-bond acceptors (Lipinski definition) is 3. The molecule has 0 fully saturated rings. The lowest BCUT2D eigenvalue weighted by atomic mass is 10.2. The lowest BCUT2D eigenvalue weighted by Crippen LogP contribution is -2.06. The largest absolute Gasteiger partial charge is 0.507 e. The summed E-state index contributed by atoms with van der Waals surface area (Å²) in [4.78, 5) is 9.42. The van der Waals surface area contributed by atoms with E-state index in [9.17, 15) is 23.3 Å². The highest BCUT2D eigenvalue weighted by Crippen LogP contribution is 2.40. The molecule has 1 rings (SSSR count). The maximum atomic E-state index is 12.2. The summed E-state index contributed by atoms with van der Waals surface area (Å²) in [5.74, 6) is -1.17. The van der Waals surface area contributed by atoms with E-state index in [0.717, 1.165) is 0 Å². The summed E-state index contributed by atoms with van der Waals surface area (Å²) < 4.78 is 36.3. The molecule has 0 aliphatic rings. The van der Waals surface area contributed by atoms with Gasteiger partial charge in [0.25, 0.3) is 5.69 Å². The Bertz CT molecular complexity index is 419. The first-order valence-electron chi connectivity index (χ1n) is 3.47. The molecule has 4 nitrogen and oxygen atoms in total. The molecular formula is C7H3BrF3NO3. The molecule has 8 heteroatoms. The zero-order chi connectivity index (χ0) is 11.8. The van der Waals surface area contributed by atoms with E-state index in [1.807, 2.05) is 0 Å². The second-order valence-electron chi connectivity index (χ2n) is 2.58. The van der Waals surface area contributed by atoms with Gasteiger partial charge < -0.3 is 5.11 Å². The first-order valence-corrected chi connectivity index (χ1v) is 4.27. The Balaban J connectivity index is 3.39. The molecule has 0 atom stereocenters. The zero-order valence-electron chi connectivity index (χ0n) is 6.88. The molecule has 0 spiro atoms. The minimum Gasteiger partial charge on any atom is -0.507 e. The molecule has 0 saturated heterocycles. The maximum absolute atomic E-state index is 12.2. The molecule has 0 aromatic heterocycles. The predicted octanol–water partition coefficient (Wildman–Crippen LogP) is 3.08. The van der Waals surface area contributed by atoms with Crippen LogP contribution in [0.4, 0.5) is 18.9 Å². The molecular weight excluding hydrogens is 283 g/mol. The molecule has 0 bridgehead atoms. The van der Waals surface area contributed by atoms with E-state index in [1.54, 1.807) is 0 Å². The lowest BCUT2D eigenvalue weighted by Gasteiger charge is -2.09. The normalized spacial score (nSPS) is 11.5. The number of alkyl halides is 3. The van der Waals surface area contributed by atoms with Gasteiger partial charge in [0, 0.05) is 0 Å². The number of halogens is 4. The summed E-state index contributed by atoms with van der Waals surface area (Å²) in [5, 5.41) is 19.3. The van der Waals surface area contributed by atoms with Crippen molar-refractivity contribution in [3.63, 3.8) is 0 Å². The van der Waals surface area contributed by atoms with Gasteiger partial charge >= 0.3 is 6.18 Å². The highest BCUT2D eigenvalue weighted by Gasteiger charge is 2.35. The highest BCUT2D eigenvalue weighted by molar-refractivity contribution is 9.10. The Morgan fingerprint density at radius 3 is 2.33 bits per heavy atom. The molecule has 0 heterocycles. The molecule has 0 amide bonds. The van der Waals surface area contributed by atoms with E-state index < -0.39 is 28.1 Å². The van der Waals surface area contributed by atoms with Gasteiger partial charge in [-0.3, -0.25) is 10.1 Å². The van der Waals surface area contributed by atoms with Crippen LogP contribution in [0.2, 0.25) is 0 Å². The summed E-state index contributed by atoms with van der Waals surface area (Å²) >= 11 is 2.62. The standard InChI is InChI=1S/C7H3BrF3NO3/c8-4-1-3(7(9,10)11)6(13)2-5(4)12(14)15/h1-2,13H. The number of nitro benzene ring substituents is 1. The van der Waals surface area contributed by atoms with Gasteiger partial charge in [-0.05, 0) is 22.0 Å². The van der Waals surface area contributed by atoms with Crippen LogP contribution < -0.4 is 0 Å². The molecule has 15 heavy (non-hydrogen) atoms. The Morgan fingerprint density at radius 2 is 1.93 bits per heavy atom. The third kappa shape index (κ3) is 2.38. The zero-order valence-corrected chi connectivity index (χ0v) is 8.46. The minimum atomic E-state index is -4.75. The smallest absolute Gasteiger partial charge is 0.420 e. The van der Waals surface area contributed by atoms with Crippen LogP contribution in [0.25, 0.3) is 0 Å². The van der Waals surface area contributed by atoms with Crippen LogP contribution in [0.3, 0.4) is 0 Å². The second-order valence-corrected chi connectivity index (χ2v) is 3.43. The van der Waals surface area contributed by atoms with Crippen LogP contribution in [0.1, 0.15) is 5.56 Å². The molecule has 1 aromatic rings. The number of nitrogens with zero attached hydrogens (tertiary/aromatic N) is 1. The van der Waals surface area contributed by atoms with Crippen molar-refractivity contribution in [3.05, 3.63) is 32.3 Å². The van der Waals surface area contributed by atoms with Crippen molar-refractivity contribution < 1.29 is 23.2 Å². The fraction of sp³-hybridized carbons (Fsp3) is 0.143. The molecule has 0 unspecified atom stereocenters. The van der Waals surface area contributed by atoms with E-state index >= 15 is 0 Å². The average Bonchev–Trinajstić information content (AvgIpc) is 2.06. The monoisotopic (exact) mass is 285 g/mol. The van der Waals surface area contributed by atoms with Crippen LogP contribution in [-0.2, 0) is 6.18 Å². The molecule has 0 saturated carbocycles. The molecule has 0 aliphatic heterocycles. The number of aromatic hydroxyl groups is 1. The second kappa shape index (κ2) is 3.69. The third-order valence-electron chi connectivity index (χ3n) is 1.57. The van der Waals surface area contributed by atoms with Crippen molar-refractivity contribution in [2.45, 2.75) is 6.18 Å². The Kier molecular flexibility index (Phi) is 2.89. The van der Waals surface area contributed by atoms with Crippen molar-refractivity contribution in [1.82, 2.24) is 0 Å². The fourth-order valence-electron chi connectivity index (χ4n) is 0.918. The van der Waals surface area contributed by atoms with Gasteiger partial charge in [-0.1, -0.05) is 0 Å².